The van der Waals surface area contributed by atoms with E-state index in [1.807, 2.05) is 30.3 Å². The molecule has 1 heterocycles. The molecule has 1 aromatic carbocycles. The van der Waals surface area contributed by atoms with Crippen LogP contribution in [-0.2, 0) is 19.1 Å². The van der Waals surface area contributed by atoms with E-state index in [-0.39, 0.29) is 18.2 Å². The SMILES string of the molecule is CCC[C@@H](C)C[C@@H](CC(=O)OC(C)(C)C)C(=O)N1C(=O)O[C@@H](c2ccccc2)[C@H]1C. The van der Waals surface area contributed by atoms with Crippen LogP contribution in [0.15, 0.2) is 30.3 Å². The third kappa shape index (κ3) is 6.31. The van der Waals surface area contributed by atoms with E-state index in [0.29, 0.717) is 6.42 Å². The first-order valence-electron chi connectivity index (χ1n) is 10.8. The van der Waals surface area contributed by atoms with E-state index in [2.05, 4.69) is 13.8 Å². The van der Waals surface area contributed by atoms with Gasteiger partial charge in [0, 0.05) is 5.92 Å². The molecule has 0 aromatic heterocycles. The van der Waals surface area contributed by atoms with Crippen LogP contribution < -0.4 is 0 Å². The number of amides is 2. The average Bonchev–Trinajstić information content (AvgIpc) is 2.94. The lowest BCUT2D eigenvalue weighted by Crippen LogP contribution is -2.43. The zero-order valence-corrected chi connectivity index (χ0v) is 19.0. The largest absolute Gasteiger partial charge is 0.460 e. The normalized spacial score (nSPS) is 21.1. The maximum absolute atomic E-state index is 13.4. The number of esters is 1. The molecular formula is C24H35NO5. The fourth-order valence-electron chi connectivity index (χ4n) is 3.99. The van der Waals surface area contributed by atoms with Crippen LogP contribution in [0, 0.1) is 11.8 Å². The van der Waals surface area contributed by atoms with Crippen molar-refractivity contribution in [3.05, 3.63) is 35.9 Å². The molecule has 0 spiro atoms. The van der Waals surface area contributed by atoms with Crippen molar-refractivity contribution in [3.8, 4) is 0 Å². The molecule has 0 aliphatic carbocycles. The molecule has 0 N–H and O–H groups in total. The summed E-state index contributed by atoms with van der Waals surface area (Å²) in [6.45, 7) is 11.4. The molecule has 1 fully saturated rings. The second-order valence-electron chi connectivity index (χ2n) is 9.28. The molecule has 6 nitrogen and oxygen atoms in total. The summed E-state index contributed by atoms with van der Waals surface area (Å²) in [4.78, 5) is 39.7. The number of carbonyl (C=O) groups excluding carboxylic acids is 3. The van der Waals surface area contributed by atoms with Gasteiger partial charge in [0.25, 0.3) is 0 Å². The highest BCUT2D eigenvalue weighted by molar-refractivity contribution is 5.96. The predicted molar refractivity (Wildman–Crippen MR) is 115 cm³/mol. The number of cyclic esters (lactones) is 1. The molecule has 2 rings (SSSR count). The Bertz CT molecular complexity index is 740. The number of carbonyl (C=O) groups is 3. The maximum atomic E-state index is 13.4. The van der Waals surface area contributed by atoms with Gasteiger partial charge in [0.05, 0.1) is 12.5 Å². The Labute approximate surface area is 179 Å². The third-order valence-corrected chi connectivity index (χ3v) is 5.29. The Hall–Kier alpha value is -2.37. The fraction of sp³-hybridized carbons (Fsp3) is 0.625. The van der Waals surface area contributed by atoms with Gasteiger partial charge in [-0.1, -0.05) is 57.0 Å². The van der Waals surface area contributed by atoms with Gasteiger partial charge in [0.2, 0.25) is 5.91 Å². The van der Waals surface area contributed by atoms with E-state index in [4.69, 9.17) is 9.47 Å². The van der Waals surface area contributed by atoms with Crippen molar-refractivity contribution in [2.24, 2.45) is 11.8 Å². The van der Waals surface area contributed by atoms with Crippen molar-refractivity contribution in [3.63, 3.8) is 0 Å². The minimum atomic E-state index is -0.654. The summed E-state index contributed by atoms with van der Waals surface area (Å²) >= 11 is 0. The molecule has 1 saturated heterocycles. The lowest BCUT2D eigenvalue weighted by molar-refractivity contribution is -0.158. The van der Waals surface area contributed by atoms with E-state index < -0.39 is 35.7 Å². The molecule has 1 aromatic rings. The summed E-state index contributed by atoms with van der Waals surface area (Å²) < 4.78 is 11.0. The van der Waals surface area contributed by atoms with Crippen LogP contribution in [0.1, 0.15) is 78.9 Å². The number of nitrogens with zero attached hydrogens (tertiary/aromatic N) is 1. The highest BCUT2D eigenvalue weighted by Gasteiger charge is 2.45. The first-order chi connectivity index (χ1) is 14.0. The number of rotatable bonds is 8. The van der Waals surface area contributed by atoms with Crippen molar-refractivity contribution in [2.45, 2.75) is 85.0 Å². The molecule has 0 radical (unpaired) electrons. The minimum absolute atomic E-state index is 0.0450. The van der Waals surface area contributed by atoms with Crippen LogP contribution in [0.25, 0.3) is 0 Å². The molecule has 2 amide bonds. The van der Waals surface area contributed by atoms with E-state index in [1.165, 1.54) is 4.90 Å². The predicted octanol–water partition coefficient (Wildman–Crippen LogP) is 5.27. The van der Waals surface area contributed by atoms with Gasteiger partial charge in [-0.2, -0.15) is 0 Å². The summed E-state index contributed by atoms with van der Waals surface area (Å²) in [5.74, 6) is -1.15. The molecule has 0 unspecified atom stereocenters. The van der Waals surface area contributed by atoms with Crippen LogP contribution in [0.2, 0.25) is 0 Å². The highest BCUT2D eigenvalue weighted by atomic mass is 16.6. The van der Waals surface area contributed by atoms with Gasteiger partial charge in [0.15, 0.2) is 0 Å². The van der Waals surface area contributed by atoms with Gasteiger partial charge in [0.1, 0.15) is 11.7 Å². The second kappa shape index (κ2) is 10.1. The summed E-state index contributed by atoms with van der Waals surface area (Å²) in [6.07, 6.45) is 1.25. The van der Waals surface area contributed by atoms with Crippen molar-refractivity contribution in [2.75, 3.05) is 0 Å². The van der Waals surface area contributed by atoms with E-state index in [9.17, 15) is 14.4 Å². The molecule has 6 heteroatoms. The summed E-state index contributed by atoms with van der Waals surface area (Å²) in [5.41, 5.74) is 0.217. The topological polar surface area (TPSA) is 72.9 Å². The lowest BCUT2D eigenvalue weighted by Gasteiger charge is -2.27. The van der Waals surface area contributed by atoms with Crippen LogP contribution in [0.5, 0.6) is 0 Å². The molecular weight excluding hydrogens is 382 g/mol. The molecule has 1 aliphatic heterocycles. The van der Waals surface area contributed by atoms with Gasteiger partial charge in [-0.15, -0.1) is 0 Å². The smallest absolute Gasteiger partial charge is 0.417 e. The summed E-state index contributed by atoms with van der Waals surface area (Å²) in [6, 6.07) is 8.94. The van der Waals surface area contributed by atoms with Gasteiger partial charge in [-0.05, 0) is 45.6 Å². The molecule has 30 heavy (non-hydrogen) atoms. The summed E-state index contributed by atoms with van der Waals surface area (Å²) in [5, 5.41) is 0. The molecule has 1 aliphatic rings. The number of imide groups is 1. The molecule has 0 bridgehead atoms. The highest BCUT2D eigenvalue weighted by Crippen LogP contribution is 2.35. The standard InChI is InChI=1S/C24H35NO5/c1-7-11-16(2)14-19(15-20(26)30-24(4,5)6)22(27)25-17(3)21(29-23(25)28)18-12-9-8-10-13-18/h8-10,12-13,16-17,19,21H,7,11,14-15H2,1-6H3/t16-,17-,19+,21-/m1/s1. The Balaban J connectivity index is 2.20. The van der Waals surface area contributed by atoms with Crippen molar-refractivity contribution in [1.82, 2.24) is 4.90 Å². The molecule has 0 saturated carbocycles. The van der Waals surface area contributed by atoms with E-state index in [1.54, 1.807) is 27.7 Å². The van der Waals surface area contributed by atoms with Gasteiger partial charge < -0.3 is 9.47 Å². The van der Waals surface area contributed by atoms with E-state index >= 15 is 0 Å². The van der Waals surface area contributed by atoms with Crippen molar-refractivity contribution < 1.29 is 23.9 Å². The fourth-order valence-corrected chi connectivity index (χ4v) is 3.99. The van der Waals surface area contributed by atoms with Crippen molar-refractivity contribution >= 4 is 18.0 Å². The number of benzene rings is 1. The van der Waals surface area contributed by atoms with Gasteiger partial charge in [-0.3, -0.25) is 9.59 Å². The monoisotopic (exact) mass is 417 g/mol. The summed E-state index contributed by atoms with van der Waals surface area (Å²) in [7, 11) is 0. The quantitative estimate of drug-likeness (QED) is 0.539. The zero-order chi connectivity index (χ0) is 22.5. The first-order valence-corrected chi connectivity index (χ1v) is 10.8. The van der Waals surface area contributed by atoms with Crippen molar-refractivity contribution in [1.29, 1.82) is 0 Å². The third-order valence-electron chi connectivity index (χ3n) is 5.29. The van der Waals surface area contributed by atoms with Gasteiger partial charge in [-0.25, -0.2) is 9.69 Å². The lowest BCUT2D eigenvalue weighted by atomic mass is 9.89. The van der Waals surface area contributed by atoms with Crippen LogP contribution in [0.3, 0.4) is 0 Å². The number of hydrogen-bond acceptors (Lipinski definition) is 5. The Kier molecular flexibility index (Phi) is 8.04. The Morgan fingerprint density at radius 2 is 1.83 bits per heavy atom. The van der Waals surface area contributed by atoms with Gasteiger partial charge >= 0.3 is 12.1 Å². The van der Waals surface area contributed by atoms with Crippen LogP contribution >= 0.6 is 0 Å². The molecule has 4 atom stereocenters. The number of ether oxygens (including phenoxy) is 2. The minimum Gasteiger partial charge on any atom is -0.460 e. The Morgan fingerprint density at radius 3 is 2.40 bits per heavy atom. The first kappa shape index (κ1) is 23.9. The molecule has 166 valence electrons. The zero-order valence-electron chi connectivity index (χ0n) is 19.0. The van der Waals surface area contributed by atoms with Crippen LogP contribution in [0.4, 0.5) is 4.79 Å². The Morgan fingerprint density at radius 1 is 1.20 bits per heavy atom. The van der Waals surface area contributed by atoms with Crippen LogP contribution in [-0.4, -0.2) is 34.5 Å². The maximum Gasteiger partial charge on any atom is 0.417 e. The number of hydrogen-bond donors (Lipinski definition) is 0. The average molecular weight is 418 g/mol. The second-order valence-corrected chi connectivity index (χ2v) is 9.28. The van der Waals surface area contributed by atoms with E-state index in [0.717, 1.165) is 18.4 Å².